The molecule has 7 aromatic rings. The van der Waals surface area contributed by atoms with Gasteiger partial charge in [-0.3, -0.25) is 15.8 Å². The lowest BCUT2D eigenvalue weighted by Gasteiger charge is -2.13. The van der Waals surface area contributed by atoms with Gasteiger partial charge in [0.2, 0.25) is 0 Å². The van der Waals surface area contributed by atoms with Crippen LogP contribution in [0.3, 0.4) is 0 Å². The highest BCUT2D eigenvalue weighted by Gasteiger charge is 2.14. The zero-order chi connectivity index (χ0) is 44.1. The molecule has 11 nitrogen and oxygen atoms in total. The number of hydrogen-bond donors (Lipinski definition) is 4. The molecule has 0 unspecified atom stereocenters. The first-order valence-corrected chi connectivity index (χ1v) is 20.0. The van der Waals surface area contributed by atoms with Gasteiger partial charge < -0.3 is 20.9 Å². The smallest absolute Gasteiger partial charge is 0.131 e. The number of anilines is 2. The van der Waals surface area contributed by atoms with Crippen molar-refractivity contribution in [3.05, 3.63) is 179 Å². The molecule has 6 N–H and O–H groups in total. The summed E-state index contributed by atoms with van der Waals surface area (Å²) in [5.41, 5.74) is 26.3. The molecule has 0 heterocycles. The van der Waals surface area contributed by atoms with Crippen molar-refractivity contribution >= 4 is 39.4 Å². The Labute approximate surface area is 365 Å². The van der Waals surface area contributed by atoms with Crippen LogP contribution in [0.1, 0.15) is 47.2 Å². The van der Waals surface area contributed by atoms with Gasteiger partial charge in [0.05, 0.1) is 36.7 Å². The van der Waals surface area contributed by atoms with Crippen molar-refractivity contribution in [3.63, 3.8) is 0 Å². The maximum absolute atomic E-state index is 15.7. The fraction of sp³-hybridized carbons (Fsp3) is 0.118. The molecule has 12 heteroatoms. The largest absolute Gasteiger partial charge is 0.497 e. The van der Waals surface area contributed by atoms with E-state index in [4.69, 9.17) is 20.9 Å². The van der Waals surface area contributed by atoms with Crippen molar-refractivity contribution in [2.45, 2.75) is 26.4 Å². The van der Waals surface area contributed by atoms with Crippen LogP contribution in [0, 0.1) is 29.5 Å². The van der Waals surface area contributed by atoms with E-state index in [0.717, 1.165) is 27.6 Å². The maximum Gasteiger partial charge on any atom is 0.131 e. The van der Waals surface area contributed by atoms with E-state index in [1.54, 1.807) is 32.4 Å². The second kappa shape index (κ2) is 20.3. The predicted molar refractivity (Wildman–Crippen MR) is 250 cm³/mol. The molecule has 0 saturated carbocycles. The average Bonchev–Trinajstić information content (AvgIpc) is 3.31. The molecule has 0 radical (unpaired) electrons. The third-order valence-electron chi connectivity index (χ3n) is 9.72. The van der Waals surface area contributed by atoms with Gasteiger partial charge >= 0.3 is 0 Å². The summed E-state index contributed by atoms with van der Waals surface area (Å²) < 4.78 is 26.4. The molecule has 0 bridgehead atoms. The number of amidine groups is 1. The normalized spacial score (nSPS) is 11.3. The van der Waals surface area contributed by atoms with Gasteiger partial charge in [-0.1, -0.05) is 76.6 Å². The highest BCUT2D eigenvalue weighted by molar-refractivity contribution is 6.12. The Kier molecular flexibility index (Phi) is 13.8. The zero-order valence-corrected chi connectivity index (χ0v) is 35.1. The third-order valence-corrected chi connectivity index (χ3v) is 9.72. The summed E-state index contributed by atoms with van der Waals surface area (Å²) in [5.74, 6) is 14.1. The molecule has 0 spiro atoms. The highest BCUT2D eigenvalue weighted by Crippen LogP contribution is 2.34. The number of nitrogens with one attached hydrogen (secondary N) is 2. The molecule has 0 amide bonds. The Hall–Kier alpha value is -8.32. The number of benzene rings is 7. The molecule has 7 rings (SSSR count). The Morgan fingerprint density at radius 1 is 0.667 bits per heavy atom. The van der Waals surface area contributed by atoms with Crippen LogP contribution in [0.15, 0.2) is 165 Å². The van der Waals surface area contributed by atoms with Crippen molar-refractivity contribution < 1.29 is 13.9 Å². The number of nitrogens with two attached hydrogens (primary N) is 2. The van der Waals surface area contributed by atoms with Crippen LogP contribution in [0.5, 0.6) is 11.5 Å². The van der Waals surface area contributed by atoms with Gasteiger partial charge in [0.25, 0.3) is 0 Å². The number of nitrogens with zero attached hydrogens (tertiary/aromatic N) is 5. The summed E-state index contributed by atoms with van der Waals surface area (Å²) in [5, 5.41) is 18.9. The molecule has 0 aliphatic heterocycles. The van der Waals surface area contributed by atoms with Gasteiger partial charge in [-0.05, 0) is 116 Å². The van der Waals surface area contributed by atoms with Crippen LogP contribution in [-0.2, 0) is 6.54 Å². The van der Waals surface area contributed by atoms with E-state index in [1.165, 1.54) is 6.07 Å². The van der Waals surface area contributed by atoms with Gasteiger partial charge in [0.1, 0.15) is 34.5 Å². The lowest BCUT2D eigenvalue weighted by Crippen LogP contribution is -2.16. The third kappa shape index (κ3) is 10.7. The van der Waals surface area contributed by atoms with Crippen molar-refractivity contribution in [1.82, 2.24) is 0 Å². The van der Waals surface area contributed by atoms with E-state index in [9.17, 15) is 0 Å². The van der Waals surface area contributed by atoms with Gasteiger partial charge in [-0.2, -0.15) is 0 Å². The van der Waals surface area contributed by atoms with E-state index in [0.29, 0.717) is 74.3 Å². The molecular formula is C51H44FN9O2. The lowest BCUT2D eigenvalue weighted by atomic mass is 9.95. The van der Waals surface area contributed by atoms with Crippen LogP contribution in [0.2, 0.25) is 0 Å². The van der Waals surface area contributed by atoms with E-state index in [1.807, 2.05) is 129 Å². The number of hydrogen-bond acceptors (Lipinski definition) is 8. The second-order valence-electron chi connectivity index (χ2n) is 14.3. The zero-order valence-electron chi connectivity index (χ0n) is 35.1. The Balaban J connectivity index is 1.16. The minimum Gasteiger partial charge on any atom is -0.497 e. The Morgan fingerprint density at radius 2 is 1.33 bits per heavy atom. The van der Waals surface area contributed by atoms with E-state index < -0.39 is 5.82 Å². The van der Waals surface area contributed by atoms with Crippen LogP contribution in [0.4, 0.5) is 27.1 Å². The average molecular weight is 834 g/mol. The summed E-state index contributed by atoms with van der Waals surface area (Å²) in [6, 6.07) is 42.1. The van der Waals surface area contributed by atoms with Crippen molar-refractivity contribution in [1.29, 1.82) is 0 Å². The number of ether oxygens (including phenoxy) is 2. The fourth-order valence-electron chi connectivity index (χ4n) is 6.55. The van der Waals surface area contributed by atoms with Gasteiger partial charge in [-0.15, -0.1) is 10.2 Å². The van der Waals surface area contributed by atoms with Crippen molar-refractivity contribution in [2.24, 2.45) is 37.1 Å². The van der Waals surface area contributed by atoms with Gasteiger partial charge in [0.15, 0.2) is 0 Å². The monoisotopic (exact) mass is 833 g/mol. The molecule has 0 saturated heterocycles. The van der Waals surface area contributed by atoms with E-state index >= 15 is 4.39 Å². The summed E-state index contributed by atoms with van der Waals surface area (Å²) in [7, 11) is 3.22. The molecule has 0 aromatic heterocycles. The van der Waals surface area contributed by atoms with Crippen molar-refractivity contribution in [3.8, 4) is 46.3 Å². The van der Waals surface area contributed by atoms with Crippen LogP contribution in [-0.4, -0.2) is 26.1 Å². The van der Waals surface area contributed by atoms with Crippen molar-refractivity contribution in [2.75, 3.05) is 25.1 Å². The molecule has 0 aliphatic carbocycles. The van der Waals surface area contributed by atoms with Gasteiger partial charge in [-0.25, -0.2) is 4.39 Å². The first kappa shape index (κ1) is 42.8. The number of halogens is 1. The maximum atomic E-state index is 15.7. The standard InChI is InChI=1S/C51H44FN9O2/c1-33(2)55-51(54)43-26-28-49(59-61-58-48-12-8-5-9-36(48)18-13-34-15-23-41(62-3)24-16-34)42-25-21-38(30-45(42)43)44-29-35(17-27-46(44)52)14-19-37-10-6-7-11-47(37)57-60-56-40-22-20-39(32-53)50(31-40)63-4/h5-12,15-17,20-31,33H,32,53H2,1-4H3,(H2,54,55)(H,56,57)(H,58,59). The first-order valence-electron chi connectivity index (χ1n) is 20.0. The highest BCUT2D eigenvalue weighted by atomic mass is 19.1. The Morgan fingerprint density at radius 3 is 2.00 bits per heavy atom. The molecule has 0 atom stereocenters. The number of methoxy groups -OCH3 is 2. The fourth-order valence-corrected chi connectivity index (χ4v) is 6.55. The van der Waals surface area contributed by atoms with Crippen LogP contribution in [0.25, 0.3) is 21.9 Å². The quantitative estimate of drug-likeness (QED) is 0.0316. The topological polar surface area (TPSA) is 156 Å². The predicted octanol–water partition coefficient (Wildman–Crippen LogP) is 11.3. The van der Waals surface area contributed by atoms with Crippen LogP contribution >= 0.6 is 0 Å². The SMILES string of the molecule is COc1ccc(C#Cc2ccccc2N=NNc2ccc(C(N)=NC(C)C)c3cc(-c4cc(C#Cc5ccccc5N=NNc5ccc(CN)c(OC)c5)ccc4F)ccc23)cc1. The Bertz CT molecular complexity index is 2990. The summed E-state index contributed by atoms with van der Waals surface area (Å²) >= 11 is 0. The first-order chi connectivity index (χ1) is 30.7. The minimum atomic E-state index is -0.404. The number of aliphatic imine (C=N–C) groups is 1. The van der Waals surface area contributed by atoms with E-state index in [2.05, 4.69) is 60.2 Å². The molecule has 63 heavy (non-hydrogen) atoms. The minimum absolute atomic E-state index is 0.0451. The van der Waals surface area contributed by atoms with Crippen LogP contribution < -0.4 is 31.8 Å². The molecular weight excluding hydrogens is 790 g/mol. The molecule has 0 aliphatic rings. The second-order valence-corrected chi connectivity index (χ2v) is 14.3. The summed E-state index contributed by atoms with van der Waals surface area (Å²) in [4.78, 5) is 4.62. The number of rotatable bonds is 12. The molecule has 0 fully saturated rings. The summed E-state index contributed by atoms with van der Waals surface area (Å²) in [6.45, 7) is 4.26. The lowest BCUT2D eigenvalue weighted by molar-refractivity contribution is 0.410. The number of fused-ring (bicyclic) bond motifs is 1. The van der Waals surface area contributed by atoms with Gasteiger partial charge in [0, 0.05) is 51.9 Å². The molecule has 312 valence electrons. The van der Waals surface area contributed by atoms with E-state index in [-0.39, 0.29) is 6.04 Å². The summed E-state index contributed by atoms with van der Waals surface area (Å²) in [6.07, 6.45) is 0. The molecule has 7 aromatic carbocycles.